The molecule has 142 valence electrons. The number of anilines is 1. The van der Waals surface area contributed by atoms with Crippen molar-refractivity contribution in [1.29, 1.82) is 0 Å². The Hall–Kier alpha value is -3.27. The number of nitrogens with zero attached hydrogens (tertiary/aromatic N) is 8. The monoisotopic (exact) mass is 380 g/mol. The van der Waals surface area contributed by atoms with E-state index >= 15 is 0 Å². The molecule has 1 fully saturated rings. The highest BCUT2D eigenvalue weighted by atomic mass is 19.1. The number of benzene rings is 1. The zero-order valence-electron chi connectivity index (χ0n) is 15.1. The zero-order valence-corrected chi connectivity index (χ0v) is 15.1. The molecule has 0 amide bonds. The van der Waals surface area contributed by atoms with Crippen LogP contribution >= 0.6 is 0 Å². The van der Waals surface area contributed by atoms with Gasteiger partial charge in [0.05, 0.1) is 29.9 Å². The van der Waals surface area contributed by atoms with Gasteiger partial charge in [-0.05, 0) is 30.7 Å². The van der Waals surface area contributed by atoms with Crippen molar-refractivity contribution in [2.45, 2.75) is 25.4 Å². The van der Waals surface area contributed by atoms with E-state index in [-0.39, 0.29) is 12.0 Å². The number of rotatable bonds is 2. The fraction of sp³-hybridized carbons (Fsp3) is 0.333. The first-order chi connectivity index (χ1) is 13.7. The average molecular weight is 380 g/mol. The van der Waals surface area contributed by atoms with Crippen LogP contribution in [0.3, 0.4) is 0 Å². The van der Waals surface area contributed by atoms with E-state index in [4.69, 9.17) is 4.74 Å². The molecule has 0 radical (unpaired) electrons. The van der Waals surface area contributed by atoms with E-state index in [1.165, 1.54) is 10.8 Å². The second-order valence-corrected chi connectivity index (χ2v) is 7.08. The van der Waals surface area contributed by atoms with E-state index in [2.05, 4.69) is 27.2 Å². The van der Waals surface area contributed by atoms with Gasteiger partial charge in [0, 0.05) is 18.1 Å². The van der Waals surface area contributed by atoms with Crippen molar-refractivity contribution in [2.24, 2.45) is 4.99 Å². The Bertz CT molecular complexity index is 1100. The van der Waals surface area contributed by atoms with Crippen molar-refractivity contribution < 1.29 is 9.13 Å². The summed E-state index contributed by atoms with van der Waals surface area (Å²) in [5, 5.41) is 12.3. The van der Waals surface area contributed by atoms with Crippen LogP contribution in [0.2, 0.25) is 0 Å². The van der Waals surface area contributed by atoms with E-state index in [0.29, 0.717) is 12.5 Å². The van der Waals surface area contributed by atoms with Gasteiger partial charge in [-0.15, -0.1) is 9.89 Å². The summed E-state index contributed by atoms with van der Waals surface area (Å²) in [5.74, 6) is 1.53. The van der Waals surface area contributed by atoms with Gasteiger partial charge in [0.2, 0.25) is 0 Å². The molecule has 3 aromatic rings. The van der Waals surface area contributed by atoms with Crippen LogP contribution in [0.4, 0.5) is 10.2 Å². The highest BCUT2D eigenvalue weighted by molar-refractivity contribution is 6.15. The van der Waals surface area contributed by atoms with Crippen LogP contribution in [0.15, 0.2) is 41.7 Å². The van der Waals surface area contributed by atoms with E-state index < -0.39 is 6.08 Å². The maximum Gasteiger partial charge on any atom is 0.295 e. The minimum Gasteiger partial charge on any atom is -0.378 e. The summed E-state index contributed by atoms with van der Waals surface area (Å²) in [6.07, 6.45) is 3.88. The molecular formula is C18H17FN8O. The molecule has 2 atom stereocenters. The SMILES string of the molecule is CC1OCCC1c1cn(N2CN=C3c4ccccc4-n4c(cnc4F)N32)nn1. The quantitative estimate of drug-likeness (QED) is 0.672. The normalized spacial score (nSPS) is 22.9. The van der Waals surface area contributed by atoms with E-state index in [1.807, 2.05) is 40.6 Å². The molecule has 10 heteroatoms. The summed E-state index contributed by atoms with van der Waals surface area (Å²) >= 11 is 0. The Morgan fingerprint density at radius 2 is 2.14 bits per heavy atom. The molecule has 0 N–H and O–H groups in total. The first kappa shape index (κ1) is 15.8. The lowest BCUT2D eigenvalue weighted by Crippen LogP contribution is -2.51. The van der Waals surface area contributed by atoms with E-state index in [9.17, 15) is 4.39 Å². The van der Waals surface area contributed by atoms with Crippen LogP contribution < -0.4 is 10.1 Å². The number of amidine groups is 1. The van der Waals surface area contributed by atoms with Crippen molar-refractivity contribution in [2.75, 3.05) is 23.4 Å². The number of halogens is 1. The molecular weight excluding hydrogens is 363 g/mol. The van der Waals surface area contributed by atoms with Gasteiger partial charge in [-0.3, -0.25) is 4.57 Å². The smallest absolute Gasteiger partial charge is 0.295 e. The number of aromatic nitrogens is 5. The van der Waals surface area contributed by atoms with Crippen LogP contribution in [0.25, 0.3) is 5.69 Å². The molecule has 3 aliphatic rings. The Balaban J connectivity index is 1.42. The molecule has 2 aromatic heterocycles. The lowest BCUT2D eigenvalue weighted by atomic mass is 10.00. The highest BCUT2D eigenvalue weighted by Gasteiger charge is 2.39. The average Bonchev–Trinajstić information content (AvgIpc) is 3.46. The standard InChI is InChI=1S/C18H17FN8O/c1-11-12(6-7-28-11)14-9-24(23-22-14)25-10-21-17-13-4-2-3-5-15(13)26-16(27(17)25)8-20-18(26)19/h2-5,8-9,11-12H,6-7,10H2,1H3. The number of imidazole rings is 1. The Morgan fingerprint density at radius 3 is 3.00 bits per heavy atom. The zero-order chi connectivity index (χ0) is 18.8. The number of hydrazine groups is 1. The molecule has 0 bridgehead atoms. The number of aliphatic imine (C=N–C) groups is 1. The molecule has 2 unspecified atom stereocenters. The molecule has 0 saturated carbocycles. The molecule has 3 aliphatic heterocycles. The van der Waals surface area contributed by atoms with Gasteiger partial charge < -0.3 is 4.74 Å². The predicted octanol–water partition coefficient (Wildman–Crippen LogP) is 1.59. The third-order valence-electron chi connectivity index (χ3n) is 5.57. The summed E-state index contributed by atoms with van der Waals surface area (Å²) in [5.41, 5.74) is 2.45. The summed E-state index contributed by atoms with van der Waals surface area (Å²) in [4.78, 5) is 10.2. The van der Waals surface area contributed by atoms with Gasteiger partial charge in [-0.2, -0.15) is 14.5 Å². The van der Waals surface area contributed by atoms with Gasteiger partial charge in [0.25, 0.3) is 6.08 Å². The van der Waals surface area contributed by atoms with Crippen molar-refractivity contribution in [3.05, 3.63) is 54.0 Å². The van der Waals surface area contributed by atoms with Crippen molar-refractivity contribution in [3.63, 3.8) is 0 Å². The third kappa shape index (κ3) is 2.03. The summed E-state index contributed by atoms with van der Waals surface area (Å²) in [7, 11) is 0. The molecule has 5 heterocycles. The van der Waals surface area contributed by atoms with Crippen molar-refractivity contribution >= 4 is 11.7 Å². The molecule has 0 aliphatic carbocycles. The lowest BCUT2D eigenvalue weighted by molar-refractivity contribution is 0.118. The maximum atomic E-state index is 14.5. The van der Waals surface area contributed by atoms with E-state index in [1.54, 1.807) is 4.79 Å². The second kappa shape index (κ2) is 5.61. The van der Waals surface area contributed by atoms with Crippen LogP contribution in [0.1, 0.15) is 30.5 Å². The van der Waals surface area contributed by atoms with Crippen molar-refractivity contribution in [3.8, 4) is 5.69 Å². The fourth-order valence-electron chi connectivity index (χ4n) is 4.17. The third-order valence-corrected chi connectivity index (χ3v) is 5.57. The molecule has 9 nitrogen and oxygen atoms in total. The van der Waals surface area contributed by atoms with Crippen LogP contribution in [0, 0.1) is 6.08 Å². The molecule has 28 heavy (non-hydrogen) atoms. The Labute approximate surface area is 159 Å². The molecule has 0 spiro atoms. The van der Waals surface area contributed by atoms with Gasteiger partial charge in [-0.1, -0.05) is 12.1 Å². The largest absolute Gasteiger partial charge is 0.378 e. The van der Waals surface area contributed by atoms with Crippen LogP contribution in [-0.4, -0.2) is 49.9 Å². The fourth-order valence-corrected chi connectivity index (χ4v) is 4.17. The summed E-state index contributed by atoms with van der Waals surface area (Å²) in [6.45, 7) is 3.13. The Kier molecular flexibility index (Phi) is 3.16. The molecule has 1 aromatic carbocycles. The Morgan fingerprint density at radius 1 is 1.25 bits per heavy atom. The van der Waals surface area contributed by atoms with Gasteiger partial charge in [0.1, 0.15) is 0 Å². The summed E-state index contributed by atoms with van der Waals surface area (Å²) < 4.78 is 21.6. The minimum absolute atomic E-state index is 0.118. The van der Waals surface area contributed by atoms with Crippen LogP contribution in [-0.2, 0) is 4.74 Å². The molecule has 1 saturated heterocycles. The number of ether oxygens (including phenoxy) is 1. The number of hydrogen-bond donors (Lipinski definition) is 0. The summed E-state index contributed by atoms with van der Waals surface area (Å²) in [6, 6.07) is 7.58. The first-order valence-corrected chi connectivity index (χ1v) is 9.21. The second-order valence-electron chi connectivity index (χ2n) is 7.08. The lowest BCUT2D eigenvalue weighted by Gasteiger charge is -2.34. The highest BCUT2D eigenvalue weighted by Crippen LogP contribution is 2.35. The molecule has 6 rings (SSSR count). The first-order valence-electron chi connectivity index (χ1n) is 9.21. The number of para-hydroxylation sites is 1. The number of hydrogen-bond acceptors (Lipinski definition) is 7. The minimum atomic E-state index is -0.565. The van der Waals surface area contributed by atoms with Gasteiger partial charge >= 0.3 is 0 Å². The number of fused-ring (bicyclic) bond motifs is 6. The van der Waals surface area contributed by atoms with Crippen LogP contribution in [0.5, 0.6) is 0 Å². The topological polar surface area (TPSA) is 76.6 Å². The van der Waals surface area contributed by atoms with Gasteiger partial charge in [-0.25, -0.2) is 9.98 Å². The maximum absolute atomic E-state index is 14.5. The van der Waals surface area contributed by atoms with Crippen molar-refractivity contribution in [1.82, 2.24) is 24.7 Å². The van der Waals surface area contributed by atoms with Gasteiger partial charge in [0.15, 0.2) is 18.3 Å². The predicted molar refractivity (Wildman–Crippen MR) is 98.4 cm³/mol. The van der Waals surface area contributed by atoms with E-state index in [0.717, 1.165) is 35.8 Å².